The number of amides is 2. The average molecular weight is 471 g/mol. The van der Waals surface area contributed by atoms with E-state index in [1.54, 1.807) is 29.2 Å². The molecule has 4 rings (SSSR count). The monoisotopic (exact) mass is 470 g/mol. The fourth-order valence-electron chi connectivity index (χ4n) is 3.79. The van der Waals surface area contributed by atoms with Crippen molar-refractivity contribution in [1.82, 2.24) is 0 Å². The highest BCUT2D eigenvalue weighted by Gasteiger charge is 2.25. The van der Waals surface area contributed by atoms with Gasteiger partial charge in [-0.15, -0.1) is 0 Å². The van der Waals surface area contributed by atoms with Gasteiger partial charge in [0.2, 0.25) is 5.91 Å². The third-order valence-corrected chi connectivity index (χ3v) is 5.80. The predicted octanol–water partition coefficient (Wildman–Crippen LogP) is 5.40. The van der Waals surface area contributed by atoms with Gasteiger partial charge in [0, 0.05) is 18.3 Å². The molecule has 3 aromatic rings. The molecule has 0 aliphatic carbocycles. The number of rotatable bonds is 9. The molecule has 0 saturated carbocycles. The van der Waals surface area contributed by atoms with E-state index >= 15 is 0 Å². The van der Waals surface area contributed by atoms with E-state index in [1.807, 2.05) is 43.3 Å². The second-order valence-corrected chi connectivity index (χ2v) is 8.45. The SMILES string of the molecule is CCc1ccc(OCCCN2C(=O)COc3ccc(NC(=O)/C=C/c4ccc(C)cc4)cc32)cc1. The molecule has 0 bridgehead atoms. The Morgan fingerprint density at radius 1 is 1.09 bits per heavy atom. The van der Waals surface area contributed by atoms with Gasteiger partial charge in [0.1, 0.15) is 11.5 Å². The van der Waals surface area contributed by atoms with Crippen LogP contribution < -0.4 is 19.7 Å². The molecule has 1 aliphatic rings. The topological polar surface area (TPSA) is 67.9 Å². The largest absolute Gasteiger partial charge is 0.494 e. The van der Waals surface area contributed by atoms with E-state index in [-0.39, 0.29) is 18.4 Å². The van der Waals surface area contributed by atoms with Crippen molar-refractivity contribution >= 4 is 29.3 Å². The minimum absolute atomic E-state index is 0.00265. The van der Waals surface area contributed by atoms with Crippen LogP contribution >= 0.6 is 0 Å². The number of fused-ring (bicyclic) bond motifs is 1. The van der Waals surface area contributed by atoms with Crippen LogP contribution in [0, 0.1) is 6.92 Å². The maximum absolute atomic E-state index is 12.6. The van der Waals surface area contributed by atoms with E-state index in [1.165, 1.54) is 17.2 Å². The first kappa shape index (κ1) is 24.1. The summed E-state index contributed by atoms with van der Waals surface area (Å²) in [5.74, 6) is 1.07. The lowest BCUT2D eigenvalue weighted by molar-refractivity contribution is -0.121. The van der Waals surface area contributed by atoms with Crippen molar-refractivity contribution < 1.29 is 19.1 Å². The van der Waals surface area contributed by atoms with Crippen LogP contribution in [0.4, 0.5) is 11.4 Å². The minimum atomic E-state index is -0.248. The summed E-state index contributed by atoms with van der Waals surface area (Å²) >= 11 is 0. The zero-order valence-corrected chi connectivity index (χ0v) is 20.1. The van der Waals surface area contributed by atoms with Crippen LogP contribution in [0.1, 0.15) is 30.0 Å². The first-order valence-electron chi connectivity index (χ1n) is 11.9. The Bertz CT molecular complexity index is 1200. The highest BCUT2D eigenvalue weighted by molar-refractivity contribution is 6.03. The molecule has 0 unspecified atom stereocenters. The predicted molar refractivity (Wildman–Crippen MR) is 139 cm³/mol. The molecule has 0 radical (unpaired) electrons. The molecule has 1 N–H and O–H groups in total. The normalized spacial score (nSPS) is 12.9. The Labute approximate surface area is 206 Å². The van der Waals surface area contributed by atoms with E-state index in [2.05, 4.69) is 24.4 Å². The van der Waals surface area contributed by atoms with Crippen LogP contribution in [0.15, 0.2) is 72.8 Å². The van der Waals surface area contributed by atoms with Gasteiger partial charge >= 0.3 is 0 Å². The summed E-state index contributed by atoms with van der Waals surface area (Å²) < 4.78 is 11.4. The molecule has 0 fully saturated rings. The van der Waals surface area contributed by atoms with Crippen molar-refractivity contribution in [3.63, 3.8) is 0 Å². The van der Waals surface area contributed by atoms with Crippen molar-refractivity contribution in [3.8, 4) is 11.5 Å². The van der Waals surface area contributed by atoms with Crippen molar-refractivity contribution in [2.24, 2.45) is 0 Å². The number of nitrogens with one attached hydrogen (secondary N) is 1. The Hall–Kier alpha value is -4.06. The van der Waals surface area contributed by atoms with Crippen LogP contribution in [0.2, 0.25) is 0 Å². The fraction of sp³-hybridized carbons (Fsp3) is 0.241. The quantitative estimate of drug-likeness (QED) is 0.336. The molecule has 1 aliphatic heterocycles. The molecular weight excluding hydrogens is 440 g/mol. The summed E-state index contributed by atoms with van der Waals surface area (Å²) in [7, 11) is 0. The van der Waals surface area contributed by atoms with Gasteiger partial charge in [-0.3, -0.25) is 9.59 Å². The lowest BCUT2D eigenvalue weighted by Crippen LogP contribution is -2.39. The zero-order chi connectivity index (χ0) is 24.6. The maximum Gasteiger partial charge on any atom is 0.265 e. The molecule has 0 saturated heterocycles. The number of aryl methyl sites for hydroxylation is 2. The fourth-order valence-corrected chi connectivity index (χ4v) is 3.79. The Morgan fingerprint density at radius 3 is 2.60 bits per heavy atom. The second-order valence-electron chi connectivity index (χ2n) is 8.45. The van der Waals surface area contributed by atoms with E-state index in [0.29, 0.717) is 36.7 Å². The smallest absolute Gasteiger partial charge is 0.265 e. The molecule has 3 aromatic carbocycles. The number of carbonyl (C=O) groups is 2. The lowest BCUT2D eigenvalue weighted by Gasteiger charge is -2.29. The van der Waals surface area contributed by atoms with Gasteiger partial charge in [-0.2, -0.15) is 0 Å². The highest BCUT2D eigenvalue weighted by atomic mass is 16.5. The van der Waals surface area contributed by atoms with E-state index < -0.39 is 0 Å². The number of hydrogen-bond donors (Lipinski definition) is 1. The summed E-state index contributed by atoms with van der Waals surface area (Å²) in [6.45, 7) is 5.12. The van der Waals surface area contributed by atoms with Crippen LogP contribution in [0.5, 0.6) is 11.5 Å². The Balaban J connectivity index is 1.36. The van der Waals surface area contributed by atoms with Crippen LogP contribution in [0.3, 0.4) is 0 Å². The van der Waals surface area contributed by atoms with Crippen LogP contribution in [-0.2, 0) is 16.0 Å². The molecule has 0 atom stereocenters. The summed E-state index contributed by atoms with van der Waals surface area (Å²) in [6.07, 6.45) is 4.91. The first-order chi connectivity index (χ1) is 17.0. The number of nitrogens with zero attached hydrogens (tertiary/aromatic N) is 1. The number of hydrogen-bond acceptors (Lipinski definition) is 4. The first-order valence-corrected chi connectivity index (χ1v) is 11.9. The molecule has 180 valence electrons. The average Bonchev–Trinajstić information content (AvgIpc) is 2.87. The number of carbonyl (C=O) groups excluding carboxylic acids is 2. The molecule has 0 spiro atoms. The summed E-state index contributed by atoms with van der Waals surface area (Å²) in [6, 6.07) is 21.3. The summed E-state index contributed by atoms with van der Waals surface area (Å²) in [5.41, 5.74) is 4.62. The zero-order valence-electron chi connectivity index (χ0n) is 20.1. The molecule has 35 heavy (non-hydrogen) atoms. The lowest BCUT2D eigenvalue weighted by atomic mass is 10.1. The van der Waals surface area contributed by atoms with Crippen molar-refractivity contribution in [1.29, 1.82) is 0 Å². The van der Waals surface area contributed by atoms with Gasteiger partial charge < -0.3 is 19.7 Å². The molecule has 6 nitrogen and oxygen atoms in total. The standard InChI is InChI=1S/C29H30N2O4/c1-3-22-9-13-25(14-10-22)34-18-4-17-31-26-19-24(12-15-27(26)35-20-29(31)33)30-28(32)16-11-23-7-5-21(2)6-8-23/h5-16,19H,3-4,17-18,20H2,1-2H3,(H,30,32)/b16-11+. The van der Waals surface area contributed by atoms with Gasteiger partial charge in [0.15, 0.2) is 6.61 Å². The number of ether oxygens (including phenoxy) is 2. The third-order valence-electron chi connectivity index (χ3n) is 5.80. The number of anilines is 2. The van der Waals surface area contributed by atoms with Gasteiger partial charge in [0.25, 0.3) is 5.91 Å². The van der Waals surface area contributed by atoms with E-state index in [4.69, 9.17) is 9.47 Å². The molecular formula is C29H30N2O4. The van der Waals surface area contributed by atoms with E-state index in [9.17, 15) is 9.59 Å². The number of benzene rings is 3. The van der Waals surface area contributed by atoms with Crippen molar-refractivity contribution in [3.05, 3.63) is 89.5 Å². The summed E-state index contributed by atoms with van der Waals surface area (Å²) in [5, 5.41) is 2.86. The Morgan fingerprint density at radius 2 is 1.86 bits per heavy atom. The van der Waals surface area contributed by atoms with Gasteiger partial charge in [-0.25, -0.2) is 0 Å². The molecule has 2 amide bonds. The molecule has 6 heteroatoms. The third kappa shape index (κ3) is 6.51. The molecule has 0 aromatic heterocycles. The van der Waals surface area contributed by atoms with E-state index in [0.717, 1.165) is 17.7 Å². The minimum Gasteiger partial charge on any atom is -0.494 e. The molecule has 1 heterocycles. The van der Waals surface area contributed by atoms with Gasteiger partial charge in [-0.1, -0.05) is 48.9 Å². The summed E-state index contributed by atoms with van der Waals surface area (Å²) in [4.78, 5) is 26.7. The van der Waals surface area contributed by atoms with Gasteiger partial charge in [-0.05, 0) is 67.3 Å². The second kappa shape index (κ2) is 11.4. The van der Waals surface area contributed by atoms with Crippen LogP contribution in [0.25, 0.3) is 6.08 Å². The maximum atomic E-state index is 12.6. The van der Waals surface area contributed by atoms with Gasteiger partial charge in [0.05, 0.1) is 12.3 Å². The van der Waals surface area contributed by atoms with Crippen LogP contribution in [-0.4, -0.2) is 31.6 Å². The Kier molecular flexibility index (Phi) is 7.83. The van der Waals surface area contributed by atoms with Crippen molar-refractivity contribution in [2.75, 3.05) is 30.0 Å². The highest BCUT2D eigenvalue weighted by Crippen LogP contribution is 2.34. The van der Waals surface area contributed by atoms with Crippen molar-refractivity contribution in [2.45, 2.75) is 26.7 Å².